The zero-order valence-electron chi connectivity index (χ0n) is 8.25. The Morgan fingerprint density at radius 3 is 2.69 bits per heavy atom. The molecule has 0 N–H and O–H groups in total. The van der Waals surface area contributed by atoms with Crippen LogP contribution in [0.4, 0.5) is 0 Å². The van der Waals surface area contributed by atoms with Crippen LogP contribution in [0.25, 0.3) is 0 Å². The van der Waals surface area contributed by atoms with Crippen LogP contribution in [0.3, 0.4) is 0 Å². The first kappa shape index (κ1) is 11.9. The van der Waals surface area contributed by atoms with E-state index in [9.17, 15) is 4.79 Å². The molecule has 0 atom stereocenters. The number of ether oxygens (including phenoxy) is 1. The van der Waals surface area contributed by atoms with E-state index in [1.165, 1.54) is 0 Å². The Balaban J connectivity index is 3.75. The van der Waals surface area contributed by atoms with E-state index in [-0.39, 0.29) is 12.3 Å². The van der Waals surface area contributed by atoms with Gasteiger partial charge in [0.05, 0.1) is 12.7 Å². The summed E-state index contributed by atoms with van der Waals surface area (Å²) in [5.74, 6) is -0.121. The topological polar surface area (TPSA) is 53.3 Å². The molecule has 0 saturated carbocycles. The van der Waals surface area contributed by atoms with Gasteiger partial charge in [-0.2, -0.15) is 5.26 Å². The van der Waals surface area contributed by atoms with Crippen LogP contribution in [0.5, 0.6) is 0 Å². The highest BCUT2D eigenvalue weighted by Crippen LogP contribution is 1.93. The van der Waals surface area contributed by atoms with Crippen LogP contribution in [0.1, 0.15) is 20.3 Å². The number of hydrogen-bond acceptors (Lipinski definition) is 3. The highest BCUT2D eigenvalue weighted by atomic mass is 16.5. The fourth-order valence-corrected chi connectivity index (χ4v) is 0.958. The Labute approximate surface area is 79.1 Å². The average Bonchev–Trinajstić information content (AvgIpc) is 2.13. The van der Waals surface area contributed by atoms with E-state index in [2.05, 4.69) is 0 Å². The lowest BCUT2D eigenvalue weighted by molar-refractivity contribution is -0.130. The van der Waals surface area contributed by atoms with Crippen LogP contribution in [0.15, 0.2) is 0 Å². The number of nitriles is 1. The van der Waals surface area contributed by atoms with E-state index in [0.717, 1.165) is 0 Å². The third kappa shape index (κ3) is 5.21. The molecule has 0 spiro atoms. The summed E-state index contributed by atoms with van der Waals surface area (Å²) < 4.78 is 5.12. The Kier molecular flexibility index (Phi) is 6.93. The summed E-state index contributed by atoms with van der Waals surface area (Å²) in [6.45, 7) is 6.21. The summed E-state index contributed by atoms with van der Waals surface area (Å²) in [5.41, 5.74) is 0. The van der Waals surface area contributed by atoms with Gasteiger partial charge in [-0.05, 0) is 13.8 Å². The Bertz CT molecular complexity index is 187. The molecule has 0 bridgehead atoms. The monoisotopic (exact) mass is 184 g/mol. The standard InChI is InChI=1S/C9H16N2O2/c1-3-11(7-8-13-4-2)9(12)5-6-10/h3-5,7-8H2,1-2H3. The van der Waals surface area contributed by atoms with Crippen LogP contribution in [-0.2, 0) is 9.53 Å². The van der Waals surface area contributed by atoms with Crippen LogP contribution in [-0.4, -0.2) is 37.1 Å². The van der Waals surface area contributed by atoms with Gasteiger partial charge >= 0.3 is 0 Å². The SMILES string of the molecule is CCOCCN(CC)C(=O)CC#N. The van der Waals surface area contributed by atoms with Crippen LogP contribution >= 0.6 is 0 Å². The molecule has 0 saturated heterocycles. The van der Waals surface area contributed by atoms with Gasteiger partial charge in [0.15, 0.2) is 0 Å². The van der Waals surface area contributed by atoms with Crippen molar-refractivity contribution in [1.82, 2.24) is 4.90 Å². The second-order valence-electron chi connectivity index (χ2n) is 2.51. The summed E-state index contributed by atoms with van der Waals surface area (Å²) in [4.78, 5) is 12.8. The normalized spacial score (nSPS) is 9.31. The molecule has 13 heavy (non-hydrogen) atoms. The van der Waals surface area contributed by atoms with Gasteiger partial charge in [-0.1, -0.05) is 0 Å². The molecule has 0 rings (SSSR count). The highest BCUT2D eigenvalue weighted by molar-refractivity contribution is 5.78. The van der Waals surface area contributed by atoms with E-state index >= 15 is 0 Å². The maximum atomic E-state index is 11.2. The molecule has 0 unspecified atom stereocenters. The van der Waals surface area contributed by atoms with Gasteiger partial charge in [-0.25, -0.2) is 0 Å². The van der Waals surface area contributed by atoms with E-state index in [1.54, 1.807) is 4.90 Å². The van der Waals surface area contributed by atoms with E-state index in [1.807, 2.05) is 19.9 Å². The Hall–Kier alpha value is -1.08. The minimum atomic E-state index is -0.121. The smallest absolute Gasteiger partial charge is 0.236 e. The predicted octanol–water partition coefficient (Wildman–Crippen LogP) is 0.785. The summed E-state index contributed by atoms with van der Waals surface area (Å²) in [5, 5.41) is 8.32. The van der Waals surface area contributed by atoms with E-state index < -0.39 is 0 Å². The minimum absolute atomic E-state index is 0.0417. The van der Waals surface area contributed by atoms with Gasteiger partial charge in [-0.15, -0.1) is 0 Å². The molecule has 0 aliphatic rings. The second-order valence-corrected chi connectivity index (χ2v) is 2.51. The summed E-state index contributed by atoms with van der Waals surface area (Å²) in [6, 6.07) is 1.84. The zero-order valence-corrected chi connectivity index (χ0v) is 8.25. The maximum absolute atomic E-state index is 11.2. The number of carbonyl (C=O) groups is 1. The van der Waals surface area contributed by atoms with Crippen molar-refractivity contribution in [3.8, 4) is 6.07 Å². The lowest BCUT2D eigenvalue weighted by Gasteiger charge is -2.19. The molecule has 0 aliphatic heterocycles. The van der Waals surface area contributed by atoms with Gasteiger partial charge < -0.3 is 9.64 Å². The van der Waals surface area contributed by atoms with Crippen molar-refractivity contribution in [2.45, 2.75) is 20.3 Å². The van der Waals surface area contributed by atoms with Crippen LogP contribution in [0.2, 0.25) is 0 Å². The quantitative estimate of drug-likeness (QED) is 0.573. The van der Waals surface area contributed by atoms with Gasteiger partial charge in [0, 0.05) is 19.7 Å². The van der Waals surface area contributed by atoms with Gasteiger partial charge in [0.25, 0.3) is 0 Å². The zero-order chi connectivity index (χ0) is 10.1. The Morgan fingerprint density at radius 1 is 1.54 bits per heavy atom. The lowest BCUT2D eigenvalue weighted by Crippen LogP contribution is -2.33. The predicted molar refractivity (Wildman–Crippen MR) is 49.0 cm³/mol. The fourth-order valence-electron chi connectivity index (χ4n) is 0.958. The largest absolute Gasteiger partial charge is 0.380 e. The number of rotatable bonds is 6. The lowest BCUT2D eigenvalue weighted by atomic mass is 10.4. The third-order valence-electron chi connectivity index (χ3n) is 1.67. The first-order valence-electron chi connectivity index (χ1n) is 4.48. The second kappa shape index (κ2) is 7.56. The average molecular weight is 184 g/mol. The first-order valence-corrected chi connectivity index (χ1v) is 4.48. The highest BCUT2D eigenvalue weighted by Gasteiger charge is 2.09. The maximum Gasteiger partial charge on any atom is 0.236 e. The molecule has 0 aromatic carbocycles. The summed E-state index contributed by atoms with van der Waals surface area (Å²) >= 11 is 0. The van der Waals surface area contributed by atoms with Crippen molar-refractivity contribution in [1.29, 1.82) is 5.26 Å². The number of nitrogens with zero attached hydrogens (tertiary/aromatic N) is 2. The summed E-state index contributed by atoms with van der Waals surface area (Å²) in [6.07, 6.45) is -0.0417. The van der Waals surface area contributed by atoms with E-state index in [0.29, 0.717) is 26.3 Å². The van der Waals surface area contributed by atoms with Gasteiger partial charge in [0.2, 0.25) is 5.91 Å². The molecule has 0 aromatic rings. The molecule has 74 valence electrons. The molecule has 0 aromatic heterocycles. The van der Waals surface area contributed by atoms with E-state index in [4.69, 9.17) is 10.00 Å². The van der Waals surface area contributed by atoms with Crippen molar-refractivity contribution >= 4 is 5.91 Å². The molecule has 0 fully saturated rings. The first-order chi connectivity index (χ1) is 6.26. The molecule has 4 heteroatoms. The number of carbonyl (C=O) groups excluding carboxylic acids is 1. The summed E-state index contributed by atoms with van der Waals surface area (Å²) in [7, 11) is 0. The van der Waals surface area contributed by atoms with Gasteiger partial charge in [0.1, 0.15) is 6.42 Å². The third-order valence-corrected chi connectivity index (χ3v) is 1.67. The van der Waals surface area contributed by atoms with Crippen molar-refractivity contribution in [3.05, 3.63) is 0 Å². The Morgan fingerprint density at radius 2 is 2.23 bits per heavy atom. The molecular weight excluding hydrogens is 168 g/mol. The van der Waals surface area contributed by atoms with Crippen molar-refractivity contribution in [3.63, 3.8) is 0 Å². The van der Waals surface area contributed by atoms with Crippen LogP contribution < -0.4 is 0 Å². The fraction of sp³-hybridized carbons (Fsp3) is 0.778. The van der Waals surface area contributed by atoms with Crippen molar-refractivity contribution < 1.29 is 9.53 Å². The number of amides is 1. The molecule has 4 nitrogen and oxygen atoms in total. The molecular formula is C9H16N2O2. The van der Waals surface area contributed by atoms with Crippen molar-refractivity contribution in [2.24, 2.45) is 0 Å². The number of likely N-dealkylation sites (N-methyl/N-ethyl adjacent to an activating group) is 1. The molecule has 0 heterocycles. The van der Waals surface area contributed by atoms with Gasteiger partial charge in [-0.3, -0.25) is 4.79 Å². The minimum Gasteiger partial charge on any atom is -0.380 e. The molecule has 0 radical (unpaired) electrons. The number of hydrogen-bond donors (Lipinski definition) is 0. The van der Waals surface area contributed by atoms with Crippen LogP contribution in [0, 0.1) is 11.3 Å². The molecule has 0 aliphatic carbocycles. The molecule has 1 amide bonds. The van der Waals surface area contributed by atoms with Crippen molar-refractivity contribution in [2.75, 3.05) is 26.3 Å².